The fraction of sp³-hybridized carbons (Fsp3) is 0.200. The maximum absolute atomic E-state index is 8.31. The molecule has 0 aliphatic rings. The summed E-state index contributed by atoms with van der Waals surface area (Å²) in [7, 11) is 0. The Morgan fingerprint density at radius 2 is 2.38 bits per heavy atom. The van der Waals surface area contributed by atoms with Crippen LogP contribution in [0.5, 0.6) is 0 Å². The molecular formula is C5H7NOS. The van der Waals surface area contributed by atoms with Gasteiger partial charge in [0.1, 0.15) is 5.00 Å². The molecule has 1 heterocycles. The van der Waals surface area contributed by atoms with Crippen LogP contribution in [-0.4, -0.2) is 5.21 Å². The van der Waals surface area contributed by atoms with Gasteiger partial charge in [0.05, 0.1) is 0 Å². The molecule has 1 aromatic rings. The normalized spacial score (nSPS) is 9.25. The molecule has 0 aliphatic carbocycles. The van der Waals surface area contributed by atoms with E-state index in [1.54, 1.807) is 0 Å². The first kappa shape index (κ1) is 5.59. The van der Waals surface area contributed by atoms with Gasteiger partial charge in [-0.25, -0.2) is 0 Å². The van der Waals surface area contributed by atoms with Crippen LogP contribution in [0, 0.1) is 6.92 Å². The first-order valence-corrected chi connectivity index (χ1v) is 3.11. The highest BCUT2D eigenvalue weighted by Gasteiger charge is 1.89. The summed E-state index contributed by atoms with van der Waals surface area (Å²) in [6, 6.07) is 3.78. The predicted octanol–water partition coefficient (Wildman–Crippen LogP) is 1.86. The molecule has 0 saturated carbocycles. The van der Waals surface area contributed by atoms with Gasteiger partial charge in [-0.1, -0.05) is 0 Å². The maximum atomic E-state index is 8.31. The summed E-state index contributed by atoms with van der Waals surface area (Å²) in [6.07, 6.45) is 0. The summed E-state index contributed by atoms with van der Waals surface area (Å²) in [4.78, 5) is 1.20. The molecule has 0 radical (unpaired) electrons. The molecule has 0 bridgehead atoms. The Hall–Kier alpha value is -0.540. The van der Waals surface area contributed by atoms with E-state index in [0.717, 1.165) is 5.00 Å². The fourth-order valence-corrected chi connectivity index (χ4v) is 1.16. The largest absolute Gasteiger partial charge is 0.290 e. The lowest BCUT2D eigenvalue weighted by Crippen LogP contribution is -1.81. The number of thiophene rings is 1. The summed E-state index contributed by atoms with van der Waals surface area (Å²) >= 11 is 1.53. The summed E-state index contributed by atoms with van der Waals surface area (Å²) < 4.78 is 0. The third-order valence-corrected chi connectivity index (χ3v) is 1.76. The Labute approximate surface area is 51.7 Å². The van der Waals surface area contributed by atoms with Crippen LogP contribution < -0.4 is 5.48 Å². The van der Waals surface area contributed by atoms with E-state index >= 15 is 0 Å². The molecule has 0 fully saturated rings. The van der Waals surface area contributed by atoms with Crippen LogP contribution in [0.4, 0.5) is 5.00 Å². The number of hydrogen-bond donors (Lipinski definition) is 2. The first-order chi connectivity index (χ1) is 3.83. The van der Waals surface area contributed by atoms with Crippen molar-refractivity contribution in [3.05, 3.63) is 17.0 Å². The Morgan fingerprint density at radius 3 is 2.62 bits per heavy atom. The van der Waals surface area contributed by atoms with Crippen molar-refractivity contribution in [3.8, 4) is 0 Å². The smallest absolute Gasteiger partial charge is 0.113 e. The van der Waals surface area contributed by atoms with E-state index < -0.39 is 0 Å². The van der Waals surface area contributed by atoms with E-state index in [1.807, 2.05) is 19.1 Å². The molecule has 0 spiro atoms. The monoisotopic (exact) mass is 129 g/mol. The summed E-state index contributed by atoms with van der Waals surface area (Å²) in [5, 5.41) is 9.11. The van der Waals surface area contributed by atoms with Crippen molar-refractivity contribution >= 4 is 16.3 Å². The highest BCUT2D eigenvalue weighted by Crippen LogP contribution is 2.18. The van der Waals surface area contributed by atoms with Crippen molar-refractivity contribution < 1.29 is 5.21 Å². The molecule has 0 aliphatic heterocycles. The molecule has 8 heavy (non-hydrogen) atoms. The lowest BCUT2D eigenvalue weighted by molar-refractivity contribution is 0.391. The molecule has 2 N–H and O–H groups in total. The third-order valence-electron chi connectivity index (χ3n) is 0.851. The van der Waals surface area contributed by atoms with E-state index in [4.69, 9.17) is 5.21 Å². The van der Waals surface area contributed by atoms with Crippen LogP contribution in [0.2, 0.25) is 0 Å². The van der Waals surface area contributed by atoms with Crippen molar-refractivity contribution in [1.82, 2.24) is 0 Å². The molecule has 0 saturated heterocycles. The van der Waals surface area contributed by atoms with Crippen LogP contribution in [0.1, 0.15) is 4.88 Å². The number of rotatable bonds is 1. The first-order valence-electron chi connectivity index (χ1n) is 2.29. The average molecular weight is 129 g/mol. The van der Waals surface area contributed by atoms with Crippen LogP contribution >= 0.6 is 11.3 Å². The lowest BCUT2D eigenvalue weighted by atomic mass is 10.5. The molecule has 0 amide bonds. The number of hydrogen-bond acceptors (Lipinski definition) is 3. The average Bonchev–Trinajstić information content (AvgIpc) is 2.14. The van der Waals surface area contributed by atoms with Gasteiger partial charge in [-0.15, -0.1) is 11.3 Å². The molecular weight excluding hydrogens is 122 g/mol. The van der Waals surface area contributed by atoms with E-state index in [1.165, 1.54) is 16.2 Å². The number of anilines is 1. The van der Waals surface area contributed by atoms with Crippen molar-refractivity contribution in [2.24, 2.45) is 0 Å². The Bertz CT molecular complexity index is 173. The van der Waals surface area contributed by atoms with Gasteiger partial charge in [0.15, 0.2) is 0 Å². The van der Waals surface area contributed by atoms with Crippen molar-refractivity contribution in [3.63, 3.8) is 0 Å². The van der Waals surface area contributed by atoms with Gasteiger partial charge in [-0.05, 0) is 19.1 Å². The molecule has 44 valence electrons. The van der Waals surface area contributed by atoms with Gasteiger partial charge >= 0.3 is 0 Å². The van der Waals surface area contributed by atoms with Gasteiger partial charge in [-0.2, -0.15) is 0 Å². The zero-order valence-corrected chi connectivity index (χ0v) is 5.33. The highest BCUT2D eigenvalue weighted by molar-refractivity contribution is 7.15. The van der Waals surface area contributed by atoms with Crippen LogP contribution in [-0.2, 0) is 0 Å². The zero-order chi connectivity index (χ0) is 5.98. The van der Waals surface area contributed by atoms with E-state index in [2.05, 4.69) is 5.48 Å². The third kappa shape index (κ3) is 0.993. The molecule has 1 aromatic heterocycles. The SMILES string of the molecule is Cc1ccc(NO)s1. The molecule has 3 heteroatoms. The molecule has 1 rings (SSSR count). The lowest BCUT2D eigenvalue weighted by Gasteiger charge is -1.85. The second-order valence-electron chi connectivity index (χ2n) is 1.52. The van der Waals surface area contributed by atoms with Gasteiger partial charge in [0, 0.05) is 4.88 Å². The molecule has 0 atom stereocenters. The summed E-state index contributed by atoms with van der Waals surface area (Å²) in [5.41, 5.74) is 2.07. The highest BCUT2D eigenvalue weighted by atomic mass is 32.1. The van der Waals surface area contributed by atoms with Gasteiger partial charge < -0.3 is 0 Å². The van der Waals surface area contributed by atoms with E-state index in [9.17, 15) is 0 Å². The summed E-state index contributed by atoms with van der Waals surface area (Å²) in [6.45, 7) is 1.99. The van der Waals surface area contributed by atoms with E-state index in [-0.39, 0.29) is 0 Å². The standard InChI is InChI=1S/C5H7NOS/c1-4-2-3-5(6-7)8-4/h2-3,6-7H,1H3. The molecule has 0 unspecified atom stereocenters. The molecule has 2 nitrogen and oxygen atoms in total. The van der Waals surface area contributed by atoms with Crippen LogP contribution in [0.25, 0.3) is 0 Å². The minimum Gasteiger partial charge on any atom is -0.290 e. The Morgan fingerprint density at radius 1 is 1.62 bits per heavy atom. The van der Waals surface area contributed by atoms with E-state index in [0.29, 0.717) is 0 Å². The second kappa shape index (κ2) is 2.15. The van der Waals surface area contributed by atoms with Crippen LogP contribution in [0.15, 0.2) is 12.1 Å². The Kier molecular flexibility index (Phi) is 1.50. The van der Waals surface area contributed by atoms with Crippen molar-refractivity contribution in [2.75, 3.05) is 5.48 Å². The summed E-state index contributed by atoms with van der Waals surface area (Å²) in [5.74, 6) is 0. The minimum absolute atomic E-state index is 0.794. The maximum Gasteiger partial charge on any atom is 0.113 e. The zero-order valence-electron chi connectivity index (χ0n) is 4.51. The number of nitrogens with one attached hydrogen (secondary N) is 1. The fourth-order valence-electron chi connectivity index (χ4n) is 0.495. The van der Waals surface area contributed by atoms with Gasteiger partial charge in [0.25, 0.3) is 0 Å². The second-order valence-corrected chi connectivity index (χ2v) is 2.81. The van der Waals surface area contributed by atoms with Crippen molar-refractivity contribution in [2.45, 2.75) is 6.92 Å². The van der Waals surface area contributed by atoms with Gasteiger partial charge in [0.2, 0.25) is 0 Å². The van der Waals surface area contributed by atoms with Crippen molar-refractivity contribution in [1.29, 1.82) is 0 Å². The molecule has 0 aromatic carbocycles. The predicted molar refractivity (Wildman–Crippen MR) is 34.5 cm³/mol. The van der Waals surface area contributed by atoms with Crippen LogP contribution in [0.3, 0.4) is 0 Å². The Balaban J connectivity index is 2.84. The van der Waals surface area contributed by atoms with Gasteiger partial charge in [-0.3, -0.25) is 10.7 Å². The number of aryl methyl sites for hydroxylation is 1. The minimum atomic E-state index is 0.794. The topological polar surface area (TPSA) is 32.3 Å². The quantitative estimate of drug-likeness (QED) is 0.567.